The SMILES string of the molecule is CC(Cl)CCNCC1CCC2(CCCC2)O1. The molecule has 0 aromatic carbocycles. The predicted octanol–water partition coefficient (Wildman–Crippen LogP) is 3.09. The summed E-state index contributed by atoms with van der Waals surface area (Å²) in [7, 11) is 0. The second-order valence-electron chi connectivity index (χ2n) is 5.44. The minimum atomic E-state index is 0.276. The minimum absolute atomic E-state index is 0.276. The molecule has 0 radical (unpaired) electrons. The van der Waals surface area contributed by atoms with Gasteiger partial charge < -0.3 is 10.1 Å². The summed E-state index contributed by atoms with van der Waals surface area (Å²) in [6.07, 6.45) is 9.33. The van der Waals surface area contributed by atoms with Crippen LogP contribution in [0.5, 0.6) is 0 Å². The Balaban J connectivity index is 1.61. The van der Waals surface area contributed by atoms with Gasteiger partial charge in [-0.25, -0.2) is 0 Å². The van der Waals surface area contributed by atoms with Crippen molar-refractivity contribution in [1.82, 2.24) is 5.32 Å². The normalized spacial score (nSPS) is 30.0. The first-order valence-corrected chi connectivity index (χ1v) is 7.16. The van der Waals surface area contributed by atoms with Crippen LogP contribution in [0, 0.1) is 0 Å². The molecule has 2 atom stereocenters. The van der Waals surface area contributed by atoms with Gasteiger partial charge >= 0.3 is 0 Å². The zero-order valence-corrected chi connectivity index (χ0v) is 11.1. The highest BCUT2D eigenvalue weighted by Gasteiger charge is 2.41. The van der Waals surface area contributed by atoms with Crippen LogP contribution in [0.15, 0.2) is 0 Å². The fourth-order valence-corrected chi connectivity index (χ4v) is 3.10. The average Bonchev–Trinajstić information content (AvgIpc) is 2.85. The molecule has 1 aliphatic heterocycles. The summed E-state index contributed by atoms with van der Waals surface area (Å²) in [5, 5.41) is 3.73. The van der Waals surface area contributed by atoms with Crippen LogP contribution in [0.3, 0.4) is 0 Å². The van der Waals surface area contributed by atoms with Crippen molar-refractivity contribution in [2.75, 3.05) is 13.1 Å². The number of ether oxygens (including phenoxy) is 1. The van der Waals surface area contributed by atoms with Gasteiger partial charge in [-0.1, -0.05) is 12.8 Å². The highest BCUT2D eigenvalue weighted by atomic mass is 35.5. The summed E-state index contributed by atoms with van der Waals surface area (Å²) in [6, 6.07) is 0. The first-order chi connectivity index (χ1) is 7.70. The highest BCUT2D eigenvalue weighted by Crippen LogP contribution is 2.43. The molecule has 0 aromatic heterocycles. The Bertz CT molecular complexity index is 214. The van der Waals surface area contributed by atoms with Crippen LogP contribution in [0.25, 0.3) is 0 Å². The molecular formula is C13H24ClNO. The Morgan fingerprint density at radius 1 is 1.38 bits per heavy atom. The van der Waals surface area contributed by atoms with Gasteiger partial charge in [-0.15, -0.1) is 11.6 Å². The number of hydrogen-bond donors (Lipinski definition) is 1. The first kappa shape index (κ1) is 12.7. The van der Waals surface area contributed by atoms with E-state index in [4.69, 9.17) is 16.3 Å². The molecule has 0 amide bonds. The number of halogens is 1. The van der Waals surface area contributed by atoms with Gasteiger partial charge in [-0.05, 0) is 45.6 Å². The van der Waals surface area contributed by atoms with Crippen molar-refractivity contribution in [3.63, 3.8) is 0 Å². The van der Waals surface area contributed by atoms with E-state index in [1.54, 1.807) is 0 Å². The zero-order chi connectivity index (χ0) is 11.4. The maximum atomic E-state index is 6.22. The van der Waals surface area contributed by atoms with Crippen molar-refractivity contribution < 1.29 is 4.74 Å². The van der Waals surface area contributed by atoms with Gasteiger partial charge in [-0.3, -0.25) is 0 Å². The maximum absolute atomic E-state index is 6.22. The lowest BCUT2D eigenvalue weighted by Crippen LogP contribution is -2.31. The molecule has 0 bridgehead atoms. The van der Waals surface area contributed by atoms with Crippen LogP contribution < -0.4 is 5.32 Å². The zero-order valence-electron chi connectivity index (χ0n) is 10.3. The smallest absolute Gasteiger partial charge is 0.0708 e. The lowest BCUT2D eigenvalue weighted by molar-refractivity contribution is -0.0350. The Labute approximate surface area is 104 Å². The van der Waals surface area contributed by atoms with Crippen LogP contribution in [0.1, 0.15) is 51.9 Å². The van der Waals surface area contributed by atoms with Gasteiger partial charge in [0.1, 0.15) is 0 Å². The van der Waals surface area contributed by atoms with Crippen LogP contribution in [0.2, 0.25) is 0 Å². The molecule has 1 saturated carbocycles. The van der Waals surface area contributed by atoms with E-state index in [-0.39, 0.29) is 11.0 Å². The lowest BCUT2D eigenvalue weighted by Gasteiger charge is -2.24. The maximum Gasteiger partial charge on any atom is 0.0708 e. The van der Waals surface area contributed by atoms with Gasteiger partial charge in [0.25, 0.3) is 0 Å². The summed E-state index contributed by atoms with van der Waals surface area (Å²) in [6.45, 7) is 4.06. The van der Waals surface area contributed by atoms with Gasteiger partial charge in [-0.2, -0.15) is 0 Å². The van der Waals surface area contributed by atoms with E-state index < -0.39 is 0 Å². The van der Waals surface area contributed by atoms with Crippen LogP contribution >= 0.6 is 11.6 Å². The molecule has 2 rings (SSSR count). The first-order valence-electron chi connectivity index (χ1n) is 6.73. The topological polar surface area (TPSA) is 21.3 Å². The summed E-state index contributed by atoms with van der Waals surface area (Å²) in [4.78, 5) is 0. The second-order valence-corrected chi connectivity index (χ2v) is 6.19. The van der Waals surface area contributed by atoms with E-state index in [2.05, 4.69) is 5.32 Å². The van der Waals surface area contributed by atoms with Crippen molar-refractivity contribution in [3.8, 4) is 0 Å². The van der Waals surface area contributed by atoms with Gasteiger partial charge in [0.15, 0.2) is 0 Å². The third-order valence-electron chi connectivity index (χ3n) is 3.94. The summed E-state index contributed by atoms with van der Waals surface area (Å²) in [5.41, 5.74) is 0.284. The number of rotatable bonds is 5. The predicted molar refractivity (Wildman–Crippen MR) is 68.1 cm³/mol. The molecule has 2 aliphatic rings. The third kappa shape index (κ3) is 3.35. The fourth-order valence-electron chi connectivity index (χ4n) is 2.99. The van der Waals surface area contributed by atoms with Crippen molar-refractivity contribution in [1.29, 1.82) is 0 Å². The lowest BCUT2D eigenvalue weighted by atomic mass is 9.98. The quantitative estimate of drug-likeness (QED) is 0.594. The number of alkyl halides is 1. The van der Waals surface area contributed by atoms with E-state index in [9.17, 15) is 0 Å². The highest BCUT2D eigenvalue weighted by molar-refractivity contribution is 6.20. The molecular weight excluding hydrogens is 222 g/mol. The molecule has 2 fully saturated rings. The van der Waals surface area contributed by atoms with E-state index in [0.717, 1.165) is 19.5 Å². The molecule has 16 heavy (non-hydrogen) atoms. The van der Waals surface area contributed by atoms with Gasteiger partial charge in [0.2, 0.25) is 0 Å². The van der Waals surface area contributed by atoms with Crippen molar-refractivity contribution in [2.24, 2.45) is 0 Å². The standard InChI is InChI=1S/C13H24ClNO/c1-11(14)5-9-15-10-12-4-8-13(16-12)6-2-3-7-13/h11-12,15H,2-10H2,1H3. The van der Waals surface area contributed by atoms with E-state index >= 15 is 0 Å². The summed E-state index contributed by atoms with van der Waals surface area (Å²) in [5.74, 6) is 0. The molecule has 2 nitrogen and oxygen atoms in total. The largest absolute Gasteiger partial charge is 0.370 e. The Morgan fingerprint density at radius 3 is 2.81 bits per heavy atom. The van der Waals surface area contributed by atoms with Gasteiger partial charge in [0.05, 0.1) is 11.7 Å². The third-order valence-corrected chi connectivity index (χ3v) is 4.16. The summed E-state index contributed by atoms with van der Waals surface area (Å²) < 4.78 is 6.22. The van der Waals surface area contributed by atoms with E-state index in [1.165, 1.54) is 38.5 Å². The molecule has 1 aliphatic carbocycles. The summed E-state index contributed by atoms with van der Waals surface area (Å²) >= 11 is 5.90. The Kier molecular flexibility index (Phi) is 4.51. The minimum Gasteiger partial charge on any atom is -0.370 e. The molecule has 1 saturated heterocycles. The molecule has 0 aromatic rings. The molecule has 3 heteroatoms. The van der Waals surface area contributed by atoms with E-state index in [1.807, 2.05) is 6.92 Å². The van der Waals surface area contributed by atoms with E-state index in [0.29, 0.717) is 6.10 Å². The molecule has 1 spiro atoms. The van der Waals surface area contributed by atoms with Crippen molar-refractivity contribution in [3.05, 3.63) is 0 Å². The van der Waals surface area contributed by atoms with Crippen LogP contribution in [-0.4, -0.2) is 30.2 Å². The number of hydrogen-bond acceptors (Lipinski definition) is 2. The Morgan fingerprint density at radius 2 is 2.12 bits per heavy atom. The van der Waals surface area contributed by atoms with Crippen LogP contribution in [-0.2, 0) is 4.74 Å². The van der Waals surface area contributed by atoms with Gasteiger partial charge in [0, 0.05) is 11.9 Å². The molecule has 94 valence electrons. The Hall–Kier alpha value is 0.210. The van der Waals surface area contributed by atoms with Crippen LogP contribution in [0.4, 0.5) is 0 Å². The fraction of sp³-hybridized carbons (Fsp3) is 1.00. The average molecular weight is 246 g/mol. The van der Waals surface area contributed by atoms with Crippen molar-refractivity contribution >= 4 is 11.6 Å². The molecule has 1 heterocycles. The number of nitrogens with one attached hydrogen (secondary N) is 1. The van der Waals surface area contributed by atoms with Crippen molar-refractivity contribution in [2.45, 2.75) is 69.0 Å². The molecule has 1 N–H and O–H groups in total. The monoisotopic (exact) mass is 245 g/mol. The molecule has 2 unspecified atom stereocenters. The second kappa shape index (κ2) is 5.70.